The summed E-state index contributed by atoms with van der Waals surface area (Å²) in [6.45, 7) is 3.91. The van der Waals surface area contributed by atoms with Crippen molar-refractivity contribution in [2.45, 2.75) is 33.2 Å². The van der Waals surface area contributed by atoms with Gasteiger partial charge in [-0.25, -0.2) is 0 Å². The number of nitrogens with zero attached hydrogens (tertiary/aromatic N) is 2. The SMILES string of the molecule is Cc1noc(C)c1CN1C(=O)[C@H]2CC=CC[C@@H]2C1=O. The maximum atomic E-state index is 12.3. The molecule has 0 saturated carbocycles. The first-order valence-corrected chi connectivity index (χ1v) is 6.51. The number of fused-ring (bicyclic) bond motifs is 1. The Hall–Kier alpha value is -1.91. The van der Waals surface area contributed by atoms with Gasteiger partial charge in [0.1, 0.15) is 5.76 Å². The van der Waals surface area contributed by atoms with E-state index in [4.69, 9.17) is 4.52 Å². The Morgan fingerprint density at radius 2 is 1.79 bits per heavy atom. The van der Waals surface area contributed by atoms with E-state index in [-0.39, 0.29) is 30.2 Å². The van der Waals surface area contributed by atoms with Crippen LogP contribution in [-0.2, 0) is 16.1 Å². The third kappa shape index (κ3) is 1.80. The molecule has 2 aliphatic rings. The molecule has 2 amide bonds. The molecule has 2 atom stereocenters. The van der Waals surface area contributed by atoms with E-state index in [0.29, 0.717) is 18.6 Å². The Balaban J connectivity index is 1.86. The highest BCUT2D eigenvalue weighted by Crippen LogP contribution is 2.36. The Morgan fingerprint density at radius 1 is 1.21 bits per heavy atom. The first-order chi connectivity index (χ1) is 9.09. The number of imide groups is 1. The van der Waals surface area contributed by atoms with Gasteiger partial charge in [-0.3, -0.25) is 14.5 Å². The Bertz CT molecular complexity index is 528. The van der Waals surface area contributed by atoms with E-state index >= 15 is 0 Å². The summed E-state index contributed by atoms with van der Waals surface area (Å²) in [5.41, 5.74) is 1.58. The molecule has 0 radical (unpaired) electrons. The minimum Gasteiger partial charge on any atom is -0.361 e. The van der Waals surface area contributed by atoms with Crippen LogP contribution in [0, 0.1) is 25.7 Å². The molecule has 0 aromatic carbocycles. The summed E-state index contributed by atoms with van der Waals surface area (Å²) in [6, 6.07) is 0. The molecule has 1 aromatic rings. The molecule has 1 aliphatic heterocycles. The van der Waals surface area contributed by atoms with Gasteiger partial charge >= 0.3 is 0 Å². The van der Waals surface area contributed by atoms with Crippen LogP contribution in [0.5, 0.6) is 0 Å². The maximum Gasteiger partial charge on any atom is 0.233 e. The normalized spacial score (nSPS) is 26.1. The summed E-state index contributed by atoms with van der Waals surface area (Å²) < 4.78 is 5.08. The van der Waals surface area contributed by atoms with Crippen molar-refractivity contribution in [2.75, 3.05) is 0 Å². The van der Waals surface area contributed by atoms with Crippen LogP contribution in [0.15, 0.2) is 16.7 Å². The molecule has 2 heterocycles. The summed E-state index contributed by atoms with van der Waals surface area (Å²) >= 11 is 0. The predicted octanol–water partition coefficient (Wildman–Crippen LogP) is 1.74. The first kappa shape index (κ1) is 12.1. The quantitative estimate of drug-likeness (QED) is 0.600. The molecular weight excluding hydrogens is 244 g/mol. The lowest BCUT2D eigenvalue weighted by Gasteiger charge is -2.14. The van der Waals surface area contributed by atoms with Crippen LogP contribution in [0.1, 0.15) is 29.9 Å². The van der Waals surface area contributed by atoms with E-state index in [9.17, 15) is 9.59 Å². The highest BCUT2D eigenvalue weighted by molar-refractivity contribution is 6.05. The van der Waals surface area contributed by atoms with Gasteiger partial charge in [-0.2, -0.15) is 0 Å². The molecule has 1 fully saturated rings. The van der Waals surface area contributed by atoms with Crippen LogP contribution >= 0.6 is 0 Å². The van der Waals surface area contributed by atoms with Crippen molar-refractivity contribution < 1.29 is 14.1 Å². The number of aryl methyl sites for hydroxylation is 2. The molecule has 5 nitrogen and oxygen atoms in total. The molecule has 19 heavy (non-hydrogen) atoms. The number of allylic oxidation sites excluding steroid dienone is 2. The number of hydrogen-bond donors (Lipinski definition) is 0. The summed E-state index contributed by atoms with van der Waals surface area (Å²) in [4.78, 5) is 26.0. The monoisotopic (exact) mass is 260 g/mol. The van der Waals surface area contributed by atoms with Crippen LogP contribution in [0.25, 0.3) is 0 Å². The fourth-order valence-corrected chi connectivity index (χ4v) is 2.91. The van der Waals surface area contributed by atoms with Crippen molar-refractivity contribution in [2.24, 2.45) is 11.8 Å². The van der Waals surface area contributed by atoms with Crippen molar-refractivity contribution in [1.82, 2.24) is 10.1 Å². The lowest BCUT2D eigenvalue weighted by molar-refractivity contribution is -0.140. The summed E-state index contributed by atoms with van der Waals surface area (Å²) in [7, 11) is 0. The van der Waals surface area contributed by atoms with E-state index in [2.05, 4.69) is 5.16 Å². The highest BCUT2D eigenvalue weighted by atomic mass is 16.5. The maximum absolute atomic E-state index is 12.3. The molecule has 0 spiro atoms. The Labute approximate surface area is 111 Å². The Kier molecular flexibility index (Phi) is 2.77. The number of amides is 2. The summed E-state index contributed by atoms with van der Waals surface area (Å²) in [5.74, 6) is 0.223. The summed E-state index contributed by atoms with van der Waals surface area (Å²) in [6.07, 6.45) is 5.33. The fraction of sp³-hybridized carbons (Fsp3) is 0.500. The third-order valence-electron chi connectivity index (χ3n) is 4.10. The van der Waals surface area contributed by atoms with Gasteiger partial charge in [-0.05, 0) is 26.7 Å². The van der Waals surface area contributed by atoms with Gasteiger partial charge in [0.25, 0.3) is 0 Å². The van der Waals surface area contributed by atoms with E-state index in [1.165, 1.54) is 4.90 Å². The Morgan fingerprint density at radius 3 is 2.26 bits per heavy atom. The zero-order valence-electron chi connectivity index (χ0n) is 11.0. The topological polar surface area (TPSA) is 63.4 Å². The second-order valence-electron chi connectivity index (χ2n) is 5.22. The molecule has 0 unspecified atom stereocenters. The average Bonchev–Trinajstić information content (AvgIpc) is 2.85. The lowest BCUT2D eigenvalue weighted by atomic mass is 9.85. The van der Waals surface area contributed by atoms with Crippen LogP contribution < -0.4 is 0 Å². The van der Waals surface area contributed by atoms with Crippen molar-refractivity contribution in [3.05, 3.63) is 29.2 Å². The minimum atomic E-state index is -0.169. The number of rotatable bonds is 2. The van der Waals surface area contributed by atoms with Crippen molar-refractivity contribution in [3.63, 3.8) is 0 Å². The van der Waals surface area contributed by atoms with Crippen LogP contribution in [0.3, 0.4) is 0 Å². The lowest BCUT2D eigenvalue weighted by Crippen LogP contribution is -2.30. The van der Waals surface area contributed by atoms with Gasteiger partial charge in [0.15, 0.2) is 0 Å². The number of aromatic nitrogens is 1. The van der Waals surface area contributed by atoms with Crippen molar-refractivity contribution >= 4 is 11.8 Å². The van der Waals surface area contributed by atoms with E-state index in [1.54, 1.807) is 6.92 Å². The van der Waals surface area contributed by atoms with Crippen LogP contribution in [0.4, 0.5) is 0 Å². The van der Waals surface area contributed by atoms with Crippen LogP contribution in [0.2, 0.25) is 0 Å². The van der Waals surface area contributed by atoms with Crippen molar-refractivity contribution in [3.8, 4) is 0 Å². The average molecular weight is 260 g/mol. The van der Waals surface area contributed by atoms with Gasteiger partial charge < -0.3 is 4.52 Å². The van der Waals surface area contributed by atoms with Gasteiger partial charge in [0.2, 0.25) is 11.8 Å². The molecule has 1 aliphatic carbocycles. The zero-order chi connectivity index (χ0) is 13.6. The van der Waals surface area contributed by atoms with Crippen LogP contribution in [-0.4, -0.2) is 21.9 Å². The number of carbonyl (C=O) groups excluding carboxylic acids is 2. The van der Waals surface area contributed by atoms with Gasteiger partial charge in [-0.1, -0.05) is 17.3 Å². The zero-order valence-corrected chi connectivity index (χ0v) is 11.0. The number of hydrogen-bond acceptors (Lipinski definition) is 4. The second kappa shape index (κ2) is 4.33. The molecule has 0 bridgehead atoms. The molecule has 1 saturated heterocycles. The fourth-order valence-electron chi connectivity index (χ4n) is 2.91. The van der Waals surface area contributed by atoms with E-state index in [1.807, 2.05) is 19.1 Å². The van der Waals surface area contributed by atoms with Gasteiger partial charge in [-0.15, -0.1) is 0 Å². The van der Waals surface area contributed by atoms with E-state index < -0.39 is 0 Å². The second-order valence-corrected chi connectivity index (χ2v) is 5.22. The largest absolute Gasteiger partial charge is 0.361 e. The van der Waals surface area contributed by atoms with Gasteiger partial charge in [0.05, 0.1) is 24.1 Å². The smallest absolute Gasteiger partial charge is 0.233 e. The molecular formula is C14H16N2O3. The highest BCUT2D eigenvalue weighted by Gasteiger charge is 2.47. The number of carbonyl (C=O) groups is 2. The summed E-state index contributed by atoms with van der Waals surface area (Å²) in [5, 5.41) is 3.86. The third-order valence-corrected chi connectivity index (χ3v) is 4.10. The molecule has 0 N–H and O–H groups in total. The molecule has 3 rings (SSSR count). The van der Waals surface area contributed by atoms with Crippen molar-refractivity contribution in [1.29, 1.82) is 0 Å². The van der Waals surface area contributed by atoms with E-state index in [0.717, 1.165) is 11.3 Å². The number of likely N-dealkylation sites (tertiary alicyclic amines) is 1. The molecule has 5 heteroatoms. The first-order valence-electron chi connectivity index (χ1n) is 6.51. The molecule has 100 valence electrons. The van der Waals surface area contributed by atoms with Gasteiger partial charge in [0, 0.05) is 5.56 Å². The molecule has 1 aromatic heterocycles. The standard InChI is InChI=1S/C14H16N2O3/c1-8-12(9(2)19-15-8)7-16-13(17)10-5-3-4-6-11(10)14(16)18/h3-4,10-11H,5-7H2,1-2H3/t10-,11-/m0/s1. The minimum absolute atomic E-state index is 0.0562. The predicted molar refractivity (Wildman–Crippen MR) is 66.9 cm³/mol.